The Hall–Kier alpha value is -4.16. The Morgan fingerprint density at radius 3 is 2.17 bits per heavy atom. The lowest BCUT2D eigenvalue weighted by Gasteiger charge is -2.32. The largest absolute Gasteiger partial charge is 0.508 e. The highest BCUT2D eigenvalue weighted by Crippen LogP contribution is 2.26. The van der Waals surface area contributed by atoms with E-state index in [9.17, 15) is 39.0 Å². The fourth-order valence-corrected chi connectivity index (χ4v) is 6.23. The van der Waals surface area contributed by atoms with Crippen LogP contribution < -0.4 is 16.0 Å². The lowest BCUT2D eigenvalue weighted by Crippen LogP contribution is -2.59. The molecule has 0 spiro atoms. The molecule has 1 aliphatic heterocycles. The van der Waals surface area contributed by atoms with Crippen LogP contribution in [0.5, 0.6) is 5.75 Å². The summed E-state index contributed by atoms with van der Waals surface area (Å²) in [6.45, 7) is 4.96. The molecule has 1 saturated heterocycles. The second kappa shape index (κ2) is 17.8. The van der Waals surface area contributed by atoms with Crippen molar-refractivity contribution in [1.29, 1.82) is 0 Å². The van der Waals surface area contributed by atoms with Gasteiger partial charge in [0.25, 0.3) is 0 Å². The van der Waals surface area contributed by atoms with E-state index in [1.807, 2.05) is 0 Å². The van der Waals surface area contributed by atoms with Gasteiger partial charge in [-0.1, -0.05) is 55.2 Å². The summed E-state index contributed by atoms with van der Waals surface area (Å²) in [5.74, 6) is -4.32. The summed E-state index contributed by atoms with van der Waals surface area (Å²) in [4.78, 5) is 78.7. The zero-order valence-corrected chi connectivity index (χ0v) is 28.6. The van der Waals surface area contributed by atoms with Gasteiger partial charge in [-0.2, -0.15) is 0 Å². The van der Waals surface area contributed by atoms with Crippen LogP contribution in [0.1, 0.15) is 64.0 Å². The van der Waals surface area contributed by atoms with Crippen molar-refractivity contribution in [3.05, 3.63) is 63.6 Å². The van der Waals surface area contributed by atoms with Gasteiger partial charge in [-0.05, 0) is 67.0 Å². The van der Waals surface area contributed by atoms with E-state index in [1.54, 1.807) is 44.2 Å². The van der Waals surface area contributed by atoms with E-state index in [0.717, 1.165) is 0 Å². The number of amides is 4. The molecular formula is C34H42Cl2N4O8. The predicted molar refractivity (Wildman–Crippen MR) is 180 cm³/mol. The number of aliphatic carboxylic acids is 1. The SMILES string of the molecule is CC(=O)N[C@@H](Cc1ccc(O)cc1)C(=O)N[C@H](C(=O)N1CCCC1C(=O)N[C@@H](CC(=O)O)C(=O)CCCc1c(Cl)cccc1Cl)C(C)C. The Morgan fingerprint density at radius 2 is 1.58 bits per heavy atom. The first-order valence-electron chi connectivity index (χ1n) is 15.8. The molecule has 0 aromatic heterocycles. The fraction of sp³-hybridized carbons (Fsp3) is 0.471. The Morgan fingerprint density at radius 1 is 0.938 bits per heavy atom. The Kier molecular flexibility index (Phi) is 14.2. The van der Waals surface area contributed by atoms with E-state index in [4.69, 9.17) is 23.2 Å². The number of carboxylic acid groups (broad SMARTS) is 1. The molecule has 260 valence electrons. The van der Waals surface area contributed by atoms with E-state index in [-0.39, 0.29) is 31.6 Å². The van der Waals surface area contributed by atoms with Gasteiger partial charge >= 0.3 is 5.97 Å². The molecular weight excluding hydrogens is 663 g/mol. The number of Topliss-reactive ketones (excluding diaryl/α,β-unsaturated/α-hetero) is 1. The van der Waals surface area contributed by atoms with Crippen molar-refractivity contribution in [3.63, 3.8) is 0 Å². The molecule has 0 radical (unpaired) electrons. The van der Waals surface area contributed by atoms with Crippen molar-refractivity contribution in [2.45, 2.75) is 89.9 Å². The number of nitrogens with one attached hydrogen (secondary N) is 3. The highest BCUT2D eigenvalue weighted by molar-refractivity contribution is 6.36. The van der Waals surface area contributed by atoms with Gasteiger partial charge in [0.15, 0.2) is 5.78 Å². The summed E-state index contributed by atoms with van der Waals surface area (Å²) < 4.78 is 0. The Bertz CT molecular complexity index is 1480. The van der Waals surface area contributed by atoms with E-state index >= 15 is 0 Å². The van der Waals surface area contributed by atoms with Crippen LogP contribution in [0.4, 0.5) is 0 Å². The molecule has 14 heteroatoms. The number of carbonyl (C=O) groups is 6. The number of phenols is 1. The number of rotatable bonds is 16. The maximum absolute atomic E-state index is 13.8. The minimum Gasteiger partial charge on any atom is -0.508 e. The average Bonchev–Trinajstić information content (AvgIpc) is 3.51. The molecule has 2 aromatic rings. The van der Waals surface area contributed by atoms with Crippen LogP contribution in [-0.4, -0.2) is 81.2 Å². The second-order valence-corrected chi connectivity index (χ2v) is 13.0. The van der Waals surface area contributed by atoms with Crippen LogP contribution in [0.15, 0.2) is 42.5 Å². The average molecular weight is 706 g/mol. The van der Waals surface area contributed by atoms with Gasteiger partial charge in [0, 0.05) is 36.4 Å². The maximum atomic E-state index is 13.8. The quantitative estimate of drug-likeness (QED) is 0.176. The highest BCUT2D eigenvalue weighted by atomic mass is 35.5. The van der Waals surface area contributed by atoms with E-state index in [0.29, 0.717) is 40.4 Å². The molecule has 4 atom stereocenters. The number of nitrogens with zero attached hydrogens (tertiary/aromatic N) is 1. The van der Waals surface area contributed by atoms with E-state index in [1.165, 1.54) is 24.0 Å². The van der Waals surface area contributed by atoms with Crippen LogP contribution in [0.3, 0.4) is 0 Å². The van der Waals surface area contributed by atoms with Gasteiger partial charge in [0.1, 0.15) is 23.9 Å². The van der Waals surface area contributed by atoms with Crippen molar-refractivity contribution in [1.82, 2.24) is 20.9 Å². The van der Waals surface area contributed by atoms with E-state index in [2.05, 4.69) is 16.0 Å². The van der Waals surface area contributed by atoms with Gasteiger partial charge in [-0.15, -0.1) is 0 Å². The van der Waals surface area contributed by atoms with Crippen molar-refractivity contribution >= 4 is 58.6 Å². The number of ketones is 1. The molecule has 2 aromatic carbocycles. The topological polar surface area (TPSA) is 182 Å². The van der Waals surface area contributed by atoms with Crippen LogP contribution in [0, 0.1) is 5.92 Å². The zero-order valence-electron chi connectivity index (χ0n) is 27.1. The second-order valence-electron chi connectivity index (χ2n) is 12.2. The Labute approximate surface area is 289 Å². The molecule has 1 fully saturated rings. The summed E-state index contributed by atoms with van der Waals surface area (Å²) in [6.07, 6.45) is 0.901. The fourth-order valence-electron chi connectivity index (χ4n) is 5.64. The molecule has 1 heterocycles. The van der Waals surface area contributed by atoms with Crippen molar-refractivity contribution < 1.29 is 39.0 Å². The monoisotopic (exact) mass is 704 g/mol. The normalized spacial score (nSPS) is 16.1. The zero-order chi connectivity index (χ0) is 35.5. The van der Waals surface area contributed by atoms with Crippen LogP contribution in [0.25, 0.3) is 0 Å². The number of benzene rings is 2. The predicted octanol–water partition coefficient (Wildman–Crippen LogP) is 3.43. The minimum atomic E-state index is -1.31. The maximum Gasteiger partial charge on any atom is 0.305 e. The van der Waals surface area contributed by atoms with Crippen molar-refractivity contribution in [2.24, 2.45) is 5.92 Å². The van der Waals surface area contributed by atoms with Gasteiger partial charge in [-0.25, -0.2) is 0 Å². The summed E-state index contributed by atoms with van der Waals surface area (Å²) in [5, 5.41) is 27.9. The first-order chi connectivity index (χ1) is 22.7. The van der Waals surface area contributed by atoms with E-state index < -0.39 is 71.9 Å². The molecule has 4 amide bonds. The summed E-state index contributed by atoms with van der Waals surface area (Å²) in [5.41, 5.74) is 1.34. The number of halogens is 2. The van der Waals surface area contributed by atoms with Crippen LogP contribution >= 0.6 is 23.2 Å². The van der Waals surface area contributed by atoms with Crippen LogP contribution in [-0.2, 0) is 41.6 Å². The molecule has 0 aliphatic carbocycles. The summed E-state index contributed by atoms with van der Waals surface area (Å²) in [7, 11) is 0. The third kappa shape index (κ3) is 10.9. The Balaban J connectivity index is 1.69. The van der Waals surface area contributed by atoms with Gasteiger partial charge in [0.2, 0.25) is 23.6 Å². The third-order valence-corrected chi connectivity index (χ3v) is 8.84. The lowest BCUT2D eigenvalue weighted by molar-refractivity contribution is -0.144. The minimum absolute atomic E-state index is 0.0336. The smallest absolute Gasteiger partial charge is 0.305 e. The molecule has 3 rings (SSSR count). The molecule has 12 nitrogen and oxygen atoms in total. The molecule has 1 aliphatic rings. The number of likely N-dealkylation sites (tertiary alicyclic amines) is 1. The molecule has 5 N–H and O–H groups in total. The number of carbonyl (C=O) groups excluding carboxylic acids is 5. The number of carboxylic acids is 1. The number of hydrogen-bond donors (Lipinski definition) is 5. The molecule has 0 saturated carbocycles. The lowest BCUT2D eigenvalue weighted by atomic mass is 9.99. The van der Waals surface area contributed by atoms with Gasteiger partial charge in [0.05, 0.1) is 12.5 Å². The summed E-state index contributed by atoms with van der Waals surface area (Å²) in [6, 6.07) is 6.87. The highest BCUT2D eigenvalue weighted by Gasteiger charge is 2.40. The number of hydrogen-bond acceptors (Lipinski definition) is 7. The van der Waals surface area contributed by atoms with Gasteiger partial charge < -0.3 is 31.1 Å². The molecule has 1 unspecified atom stereocenters. The van der Waals surface area contributed by atoms with Crippen LogP contribution in [0.2, 0.25) is 10.0 Å². The molecule has 0 bridgehead atoms. The van der Waals surface area contributed by atoms with Crippen molar-refractivity contribution in [2.75, 3.05) is 6.54 Å². The van der Waals surface area contributed by atoms with Crippen molar-refractivity contribution in [3.8, 4) is 5.75 Å². The number of phenolic OH excluding ortho intramolecular Hbond substituents is 1. The third-order valence-electron chi connectivity index (χ3n) is 8.13. The standard InChI is InChI=1S/C34H42Cl2N4O8/c1-19(2)31(39-32(46)27(37-20(3)41)17-21-12-14-22(42)15-13-21)34(48)40-16-6-10-28(40)33(47)38-26(18-30(44)45)29(43)11-4-7-23-24(35)8-5-9-25(23)36/h5,8-9,12-15,19,26-28,31,42H,4,6-7,10-11,16-18H2,1-3H3,(H,37,41)(H,38,47)(H,39,46)(H,44,45)/t26-,27-,28?,31-/m0/s1. The molecule has 48 heavy (non-hydrogen) atoms. The first-order valence-corrected chi connectivity index (χ1v) is 16.6. The van der Waals surface area contributed by atoms with Gasteiger partial charge in [-0.3, -0.25) is 28.8 Å². The summed E-state index contributed by atoms with van der Waals surface area (Å²) >= 11 is 12.4. The first kappa shape index (κ1) is 38.3. The number of aromatic hydroxyl groups is 1.